The maximum atomic E-state index is 12.3. The molecular formula is C15H17N5O2S2. The number of sulfonamides is 1. The molecule has 0 unspecified atom stereocenters. The second-order valence-corrected chi connectivity index (χ2v) is 8.79. The maximum Gasteiger partial charge on any atom is 0.240 e. The molecule has 1 aliphatic carbocycles. The Morgan fingerprint density at radius 1 is 1.25 bits per heavy atom. The lowest BCUT2D eigenvalue weighted by Crippen LogP contribution is -2.26. The molecule has 2 aromatic heterocycles. The van der Waals surface area contributed by atoms with Crippen LogP contribution < -0.4 is 4.72 Å². The fourth-order valence-corrected chi connectivity index (χ4v) is 4.33. The SMILES string of the molecule is Cc1ccc(S(=O)(=O)NCCc2nn3c(C4CC4)nnc3s2)cc1. The van der Waals surface area contributed by atoms with Crippen molar-refractivity contribution in [1.29, 1.82) is 0 Å². The van der Waals surface area contributed by atoms with Crippen LogP contribution in [0, 0.1) is 6.92 Å². The largest absolute Gasteiger partial charge is 0.240 e. The van der Waals surface area contributed by atoms with Gasteiger partial charge in [0.15, 0.2) is 5.82 Å². The Labute approximate surface area is 143 Å². The van der Waals surface area contributed by atoms with Crippen molar-refractivity contribution in [1.82, 2.24) is 24.5 Å². The molecule has 0 radical (unpaired) electrons. The van der Waals surface area contributed by atoms with Gasteiger partial charge in [-0.15, -0.1) is 10.2 Å². The molecule has 2 heterocycles. The molecule has 7 nitrogen and oxygen atoms in total. The molecule has 1 aromatic carbocycles. The first-order chi connectivity index (χ1) is 11.5. The van der Waals surface area contributed by atoms with Crippen molar-refractivity contribution >= 4 is 26.3 Å². The van der Waals surface area contributed by atoms with Crippen molar-refractivity contribution in [3.8, 4) is 0 Å². The highest BCUT2D eigenvalue weighted by molar-refractivity contribution is 7.89. The van der Waals surface area contributed by atoms with E-state index in [0.29, 0.717) is 18.9 Å². The number of benzene rings is 1. The number of fused-ring (bicyclic) bond motifs is 1. The van der Waals surface area contributed by atoms with Crippen LogP contribution in [-0.2, 0) is 16.4 Å². The normalized spacial score (nSPS) is 15.2. The number of hydrogen-bond donors (Lipinski definition) is 1. The van der Waals surface area contributed by atoms with Crippen LogP contribution in [0.3, 0.4) is 0 Å². The van der Waals surface area contributed by atoms with E-state index in [2.05, 4.69) is 20.0 Å². The van der Waals surface area contributed by atoms with Crippen LogP contribution in [-0.4, -0.2) is 34.8 Å². The van der Waals surface area contributed by atoms with Crippen LogP contribution in [0.1, 0.15) is 35.2 Å². The number of aromatic nitrogens is 4. The molecule has 1 aliphatic rings. The van der Waals surface area contributed by atoms with Crippen LogP contribution in [0.2, 0.25) is 0 Å². The van der Waals surface area contributed by atoms with Gasteiger partial charge in [-0.1, -0.05) is 29.0 Å². The molecule has 1 fully saturated rings. The molecule has 0 bridgehead atoms. The van der Waals surface area contributed by atoms with E-state index in [1.54, 1.807) is 28.8 Å². The van der Waals surface area contributed by atoms with Gasteiger partial charge in [-0.2, -0.15) is 9.61 Å². The minimum Gasteiger partial charge on any atom is -0.211 e. The lowest BCUT2D eigenvalue weighted by molar-refractivity contribution is 0.581. The summed E-state index contributed by atoms with van der Waals surface area (Å²) in [5.74, 6) is 1.41. The van der Waals surface area contributed by atoms with Crippen molar-refractivity contribution in [3.05, 3.63) is 40.7 Å². The molecule has 1 saturated carbocycles. The van der Waals surface area contributed by atoms with Crippen LogP contribution in [0.5, 0.6) is 0 Å². The summed E-state index contributed by atoms with van der Waals surface area (Å²) in [6, 6.07) is 6.80. The van der Waals surface area contributed by atoms with Crippen molar-refractivity contribution < 1.29 is 8.42 Å². The highest BCUT2D eigenvalue weighted by Crippen LogP contribution is 2.39. The summed E-state index contributed by atoms with van der Waals surface area (Å²) in [6.07, 6.45) is 2.82. The third-order valence-electron chi connectivity index (χ3n) is 3.96. The summed E-state index contributed by atoms with van der Waals surface area (Å²) in [5.41, 5.74) is 1.03. The summed E-state index contributed by atoms with van der Waals surface area (Å²) in [4.78, 5) is 1.05. The van der Waals surface area contributed by atoms with E-state index in [4.69, 9.17) is 0 Å². The van der Waals surface area contributed by atoms with Crippen molar-refractivity contribution in [2.75, 3.05) is 6.54 Å². The fraction of sp³-hybridized carbons (Fsp3) is 0.400. The van der Waals surface area contributed by atoms with E-state index in [-0.39, 0.29) is 4.90 Å². The average Bonchev–Trinajstić information content (AvgIpc) is 3.18. The second kappa shape index (κ2) is 5.91. The Morgan fingerprint density at radius 3 is 2.71 bits per heavy atom. The van der Waals surface area contributed by atoms with Gasteiger partial charge in [-0.05, 0) is 31.9 Å². The Hall–Kier alpha value is -1.84. The highest BCUT2D eigenvalue weighted by atomic mass is 32.2. The molecular weight excluding hydrogens is 346 g/mol. The van der Waals surface area contributed by atoms with E-state index < -0.39 is 10.0 Å². The third-order valence-corrected chi connectivity index (χ3v) is 6.40. The molecule has 4 rings (SSSR count). The molecule has 1 N–H and O–H groups in total. The Kier molecular flexibility index (Phi) is 3.86. The van der Waals surface area contributed by atoms with E-state index in [0.717, 1.165) is 34.2 Å². The molecule has 126 valence electrons. The number of rotatable bonds is 6. The second-order valence-electron chi connectivity index (χ2n) is 5.98. The minimum atomic E-state index is -3.48. The van der Waals surface area contributed by atoms with Gasteiger partial charge in [0.2, 0.25) is 15.0 Å². The third kappa shape index (κ3) is 3.06. The highest BCUT2D eigenvalue weighted by Gasteiger charge is 2.30. The van der Waals surface area contributed by atoms with Gasteiger partial charge >= 0.3 is 0 Å². The van der Waals surface area contributed by atoms with Crippen LogP contribution >= 0.6 is 11.3 Å². The predicted octanol–water partition coefficient (Wildman–Crippen LogP) is 1.89. The smallest absolute Gasteiger partial charge is 0.211 e. The summed E-state index contributed by atoms with van der Waals surface area (Å²) < 4.78 is 28.9. The Balaban J connectivity index is 1.42. The van der Waals surface area contributed by atoms with Crippen molar-refractivity contribution in [2.24, 2.45) is 0 Å². The van der Waals surface area contributed by atoms with Gasteiger partial charge in [-0.25, -0.2) is 13.1 Å². The average molecular weight is 363 g/mol. The van der Waals surface area contributed by atoms with Crippen LogP contribution in [0.25, 0.3) is 4.96 Å². The molecule has 0 saturated heterocycles. The van der Waals surface area contributed by atoms with Crippen molar-refractivity contribution in [2.45, 2.75) is 37.0 Å². The summed E-state index contributed by atoms with van der Waals surface area (Å²) in [6.45, 7) is 2.23. The van der Waals surface area contributed by atoms with Crippen LogP contribution in [0.4, 0.5) is 0 Å². The van der Waals surface area contributed by atoms with E-state index in [1.807, 2.05) is 6.92 Å². The molecule has 3 aromatic rings. The van der Waals surface area contributed by atoms with Crippen molar-refractivity contribution in [3.63, 3.8) is 0 Å². The molecule has 0 atom stereocenters. The predicted molar refractivity (Wildman–Crippen MR) is 90.7 cm³/mol. The quantitative estimate of drug-likeness (QED) is 0.722. The molecule has 9 heteroatoms. The molecule has 0 aliphatic heterocycles. The van der Waals surface area contributed by atoms with E-state index in [9.17, 15) is 8.42 Å². The minimum absolute atomic E-state index is 0.280. The Morgan fingerprint density at radius 2 is 2.00 bits per heavy atom. The van der Waals surface area contributed by atoms with Gasteiger partial charge in [0.1, 0.15) is 5.01 Å². The van der Waals surface area contributed by atoms with Crippen LogP contribution in [0.15, 0.2) is 29.2 Å². The first-order valence-corrected chi connectivity index (χ1v) is 10.1. The summed E-state index contributed by atoms with van der Waals surface area (Å²) >= 11 is 1.46. The van der Waals surface area contributed by atoms with Gasteiger partial charge < -0.3 is 0 Å². The number of nitrogens with one attached hydrogen (secondary N) is 1. The van der Waals surface area contributed by atoms with Gasteiger partial charge in [0.05, 0.1) is 4.90 Å². The number of hydrogen-bond acceptors (Lipinski definition) is 6. The topological polar surface area (TPSA) is 89.2 Å². The zero-order valence-corrected chi connectivity index (χ0v) is 14.8. The number of aryl methyl sites for hydroxylation is 1. The zero-order valence-electron chi connectivity index (χ0n) is 13.1. The fourth-order valence-electron chi connectivity index (χ4n) is 2.46. The van der Waals surface area contributed by atoms with Gasteiger partial charge in [-0.3, -0.25) is 0 Å². The van der Waals surface area contributed by atoms with E-state index >= 15 is 0 Å². The lowest BCUT2D eigenvalue weighted by Gasteiger charge is -2.05. The van der Waals surface area contributed by atoms with Gasteiger partial charge in [0, 0.05) is 18.9 Å². The standard InChI is InChI=1S/C15H17N5O2S2/c1-10-2-6-12(7-3-10)24(21,22)16-9-8-13-19-20-14(11-4-5-11)17-18-15(20)23-13/h2-3,6-7,11,16H,4-5,8-9H2,1H3. The van der Waals surface area contributed by atoms with Gasteiger partial charge in [0.25, 0.3) is 0 Å². The first kappa shape index (κ1) is 15.7. The van der Waals surface area contributed by atoms with E-state index in [1.165, 1.54) is 11.3 Å². The molecule has 0 spiro atoms. The zero-order chi connectivity index (χ0) is 16.7. The Bertz CT molecular complexity index is 971. The molecule has 24 heavy (non-hydrogen) atoms. The monoisotopic (exact) mass is 363 g/mol. The summed E-state index contributed by atoms with van der Waals surface area (Å²) in [7, 11) is -3.48. The maximum absolute atomic E-state index is 12.3. The molecule has 0 amide bonds. The first-order valence-electron chi connectivity index (χ1n) is 7.80. The summed E-state index contributed by atoms with van der Waals surface area (Å²) in [5, 5.41) is 13.7. The lowest BCUT2D eigenvalue weighted by atomic mass is 10.2. The number of nitrogens with zero attached hydrogens (tertiary/aromatic N) is 4.